The summed E-state index contributed by atoms with van der Waals surface area (Å²) in [7, 11) is 1.61. The standard InChI is InChI=1S/C25H32N2O4/c1-30-21-10-12-22(13-11-21)31-18-15-25(29)26-23(19-27-16-5-6-17-27)24(28)14-9-20-7-3-2-4-8-20/h2-4,7-14,23-24,28H,5-6,15-19H2,1H3,(H,26,29)/t23-,24-/m1/s1. The van der Waals surface area contributed by atoms with E-state index in [1.165, 1.54) is 0 Å². The highest BCUT2D eigenvalue weighted by Crippen LogP contribution is 2.17. The maximum absolute atomic E-state index is 12.5. The van der Waals surface area contributed by atoms with Crippen LogP contribution in [0, 0.1) is 0 Å². The number of ether oxygens (including phenoxy) is 2. The molecule has 1 amide bonds. The largest absolute Gasteiger partial charge is 0.497 e. The number of amides is 1. The first-order valence-corrected chi connectivity index (χ1v) is 10.8. The fourth-order valence-electron chi connectivity index (χ4n) is 3.60. The van der Waals surface area contributed by atoms with Crippen molar-refractivity contribution < 1.29 is 19.4 Å². The van der Waals surface area contributed by atoms with Crippen molar-refractivity contribution in [2.45, 2.75) is 31.4 Å². The van der Waals surface area contributed by atoms with Crippen LogP contribution in [-0.2, 0) is 4.79 Å². The highest BCUT2D eigenvalue weighted by atomic mass is 16.5. The molecule has 0 unspecified atom stereocenters. The molecule has 3 rings (SSSR count). The normalized spacial score (nSPS) is 16.2. The zero-order valence-electron chi connectivity index (χ0n) is 18.1. The van der Waals surface area contributed by atoms with Crippen molar-refractivity contribution >= 4 is 12.0 Å². The number of methoxy groups -OCH3 is 1. The number of likely N-dealkylation sites (tertiary alicyclic amines) is 1. The summed E-state index contributed by atoms with van der Waals surface area (Å²) in [5.41, 5.74) is 1.01. The molecule has 0 saturated carbocycles. The van der Waals surface area contributed by atoms with E-state index in [4.69, 9.17) is 9.47 Å². The molecule has 0 bridgehead atoms. The van der Waals surface area contributed by atoms with E-state index < -0.39 is 6.10 Å². The summed E-state index contributed by atoms with van der Waals surface area (Å²) in [6.45, 7) is 2.90. The first-order valence-electron chi connectivity index (χ1n) is 10.8. The Morgan fingerprint density at radius 1 is 1.10 bits per heavy atom. The topological polar surface area (TPSA) is 71.0 Å². The first-order chi connectivity index (χ1) is 15.1. The number of hydrogen-bond donors (Lipinski definition) is 2. The summed E-state index contributed by atoms with van der Waals surface area (Å²) in [5.74, 6) is 1.31. The molecule has 0 aliphatic carbocycles. The molecule has 1 aliphatic rings. The van der Waals surface area contributed by atoms with Crippen molar-refractivity contribution in [2.75, 3.05) is 33.4 Å². The van der Waals surface area contributed by atoms with Gasteiger partial charge in [-0.05, 0) is 55.8 Å². The number of hydrogen-bond acceptors (Lipinski definition) is 5. The van der Waals surface area contributed by atoms with Crippen molar-refractivity contribution in [3.63, 3.8) is 0 Å². The molecule has 0 radical (unpaired) electrons. The summed E-state index contributed by atoms with van der Waals surface area (Å²) in [5, 5.41) is 13.8. The van der Waals surface area contributed by atoms with Crippen LogP contribution in [0.3, 0.4) is 0 Å². The summed E-state index contributed by atoms with van der Waals surface area (Å²) in [6, 6.07) is 16.7. The van der Waals surface area contributed by atoms with E-state index in [1.807, 2.05) is 60.7 Å². The molecule has 2 atom stereocenters. The summed E-state index contributed by atoms with van der Waals surface area (Å²) in [6.07, 6.45) is 5.41. The van der Waals surface area contributed by atoms with E-state index in [2.05, 4.69) is 10.2 Å². The predicted octanol–water partition coefficient (Wildman–Crippen LogP) is 3.12. The molecule has 166 valence electrons. The number of rotatable bonds is 11. The third kappa shape index (κ3) is 7.74. The van der Waals surface area contributed by atoms with Crippen molar-refractivity contribution in [1.29, 1.82) is 0 Å². The third-order valence-electron chi connectivity index (χ3n) is 5.35. The van der Waals surface area contributed by atoms with Crippen LogP contribution in [0.25, 0.3) is 6.08 Å². The quantitative estimate of drug-likeness (QED) is 0.580. The lowest BCUT2D eigenvalue weighted by atomic mass is 10.1. The Kier molecular flexibility index (Phi) is 8.94. The van der Waals surface area contributed by atoms with Crippen LogP contribution in [0.4, 0.5) is 0 Å². The Morgan fingerprint density at radius 2 is 1.77 bits per heavy atom. The van der Waals surface area contributed by atoms with Gasteiger partial charge >= 0.3 is 0 Å². The number of nitrogens with one attached hydrogen (secondary N) is 1. The Hall–Kier alpha value is -2.83. The molecule has 2 aromatic rings. The molecule has 1 saturated heterocycles. The van der Waals surface area contributed by atoms with E-state index >= 15 is 0 Å². The van der Waals surface area contributed by atoms with Gasteiger partial charge in [0.1, 0.15) is 11.5 Å². The van der Waals surface area contributed by atoms with E-state index in [9.17, 15) is 9.90 Å². The number of aliphatic hydroxyl groups is 1. The van der Waals surface area contributed by atoms with E-state index in [1.54, 1.807) is 13.2 Å². The Bertz CT molecular complexity index is 817. The van der Waals surface area contributed by atoms with Gasteiger partial charge in [-0.15, -0.1) is 0 Å². The van der Waals surface area contributed by atoms with E-state index in [-0.39, 0.29) is 25.0 Å². The maximum atomic E-state index is 12.5. The molecule has 6 nitrogen and oxygen atoms in total. The van der Waals surface area contributed by atoms with Crippen molar-refractivity contribution in [3.8, 4) is 11.5 Å². The van der Waals surface area contributed by atoms with Gasteiger partial charge in [0.2, 0.25) is 5.91 Å². The lowest BCUT2D eigenvalue weighted by Crippen LogP contribution is -2.49. The van der Waals surface area contributed by atoms with Crippen molar-refractivity contribution in [1.82, 2.24) is 10.2 Å². The van der Waals surface area contributed by atoms with Crippen LogP contribution >= 0.6 is 0 Å². The van der Waals surface area contributed by atoms with Gasteiger partial charge < -0.3 is 24.8 Å². The van der Waals surface area contributed by atoms with Crippen LogP contribution in [-0.4, -0.2) is 61.4 Å². The minimum atomic E-state index is -0.771. The maximum Gasteiger partial charge on any atom is 0.223 e. The fraction of sp³-hybridized carbons (Fsp3) is 0.400. The predicted molar refractivity (Wildman–Crippen MR) is 122 cm³/mol. The number of carbonyl (C=O) groups is 1. The van der Waals surface area contributed by atoms with Gasteiger partial charge in [-0.1, -0.05) is 42.5 Å². The molecular weight excluding hydrogens is 392 g/mol. The Labute approximate surface area is 184 Å². The zero-order valence-corrected chi connectivity index (χ0v) is 18.1. The molecule has 6 heteroatoms. The monoisotopic (exact) mass is 424 g/mol. The second-order valence-electron chi connectivity index (χ2n) is 7.72. The third-order valence-corrected chi connectivity index (χ3v) is 5.35. The lowest BCUT2D eigenvalue weighted by Gasteiger charge is -2.27. The van der Waals surface area contributed by atoms with Crippen LogP contribution < -0.4 is 14.8 Å². The Balaban J connectivity index is 1.52. The summed E-state index contributed by atoms with van der Waals surface area (Å²) >= 11 is 0. The summed E-state index contributed by atoms with van der Waals surface area (Å²) in [4.78, 5) is 14.8. The van der Waals surface area contributed by atoms with Crippen LogP contribution in [0.15, 0.2) is 60.7 Å². The molecule has 0 spiro atoms. The number of aliphatic hydroxyl groups excluding tert-OH is 1. The van der Waals surface area contributed by atoms with Crippen LogP contribution in [0.5, 0.6) is 11.5 Å². The minimum Gasteiger partial charge on any atom is -0.497 e. The molecule has 2 aromatic carbocycles. The number of benzene rings is 2. The summed E-state index contributed by atoms with van der Waals surface area (Å²) < 4.78 is 10.8. The van der Waals surface area contributed by atoms with Gasteiger partial charge in [0, 0.05) is 6.54 Å². The zero-order chi connectivity index (χ0) is 21.9. The second-order valence-corrected chi connectivity index (χ2v) is 7.72. The molecule has 1 heterocycles. The molecule has 1 aliphatic heterocycles. The van der Waals surface area contributed by atoms with E-state index in [0.29, 0.717) is 12.3 Å². The van der Waals surface area contributed by atoms with Gasteiger partial charge in [-0.3, -0.25) is 4.79 Å². The van der Waals surface area contributed by atoms with Gasteiger partial charge in [-0.2, -0.15) is 0 Å². The SMILES string of the molecule is COc1ccc(OCCC(=O)N[C@H](CN2CCCC2)[C@H](O)C=Cc2ccccc2)cc1. The molecule has 1 fully saturated rings. The minimum absolute atomic E-state index is 0.134. The van der Waals surface area contributed by atoms with Gasteiger partial charge in [0.25, 0.3) is 0 Å². The average molecular weight is 425 g/mol. The van der Waals surface area contributed by atoms with Crippen LogP contribution in [0.2, 0.25) is 0 Å². The number of nitrogens with zero attached hydrogens (tertiary/aromatic N) is 1. The van der Waals surface area contributed by atoms with Gasteiger partial charge in [0.15, 0.2) is 0 Å². The molecule has 31 heavy (non-hydrogen) atoms. The van der Waals surface area contributed by atoms with Crippen molar-refractivity contribution in [2.24, 2.45) is 0 Å². The van der Waals surface area contributed by atoms with Gasteiger partial charge in [0.05, 0.1) is 32.3 Å². The molecular formula is C25H32N2O4. The van der Waals surface area contributed by atoms with E-state index in [0.717, 1.165) is 37.2 Å². The molecule has 0 aromatic heterocycles. The fourth-order valence-corrected chi connectivity index (χ4v) is 3.60. The smallest absolute Gasteiger partial charge is 0.223 e. The van der Waals surface area contributed by atoms with Gasteiger partial charge in [-0.25, -0.2) is 0 Å². The average Bonchev–Trinajstić information content (AvgIpc) is 3.31. The van der Waals surface area contributed by atoms with Crippen LogP contribution in [0.1, 0.15) is 24.8 Å². The highest BCUT2D eigenvalue weighted by Gasteiger charge is 2.24. The number of carbonyl (C=O) groups excluding carboxylic acids is 1. The lowest BCUT2D eigenvalue weighted by molar-refractivity contribution is -0.123. The highest BCUT2D eigenvalue weighted by molar-refractivity contribution is 5.76. The first kappa shape index (κ1) is 22.8. The Morgan fingerprint density at radius 3 is 2.45 bits per heavy atom. The second kappa shape index (κ2) is 12.1. The molecule has 2 N–H and O–H groups in total. The van der Waals surface area contributed by atoms with Crippen molar-refractivity contribution in [3.05, 3.63) is 66.2 Å².